The van der Waals surface area contributed by atoms with Gasteiger partial charge in [0.15, 0.2) is 0 Å². The highest BCUT2D eigenvalue weighted by atomic mass is 35.5. The summed E-state index contributed by atoms with van der Waals surface area (Å²) < 4.78 is 3.41. The summed E-state index contributed by atoms with van der Waals surface area (Å²) in [6, 6.07) is 16.1. The molecule has 4 rings (SSSR count). The molecule has 3 aromatic rings. The molecule has 0 radical (unpaired) electrons. The first-order chi connectivity index (χ1) is 16.1. The van der Waals surface area contributed by atoms with Gasteiger partial charge in [-0.05, 0) is 110 Å². The zero-order valence-electron chi connectivity index (χ0n) is 19.6. The fourth-order valence-corrected chi connectivity index (χ4v) is 5.05. The van der Waals surface area contributed by atoms with Crippen LogP contribution < -0.4 is 10.0 Å². The number of carboxylic acids is 1. The highest BCUT2D eigenvalue weighted by Crippen LogP contribution is 2.37. The Hall–Kier alpha value is -2.96. The highest BCUT2D eigenvalue weighted by Gasteiger charge is 2.51. The van der Waals surface area contributed by atoms with Gasteiger partial charge in [-0.2, -0.15) is 0 Å². The van der Waals surface area contributed by atoms with Gasteiger partial charge < -0.3 is 15.1 Å². The molecule has 1 aliphatic rings. The monoisotopic (exact) mass is 494 g/mol. The maximum absolute atomic E-state index is 12.8. The summed E-state index contributed by atoms with van der Waals surface area (Å²) in [6.07, 6.45) is 0.939. The maximum Gasteiger partial charge on any atom is 0.329 e. The van der Waals surface area contributed by atoms with Crippen LogP contribution in [0.2, 0.25) is 5.02 Å². The third-order valence-corrected chi connectivity index (χ3v) is 7.61. The van der Waals surface area contributed by atoms with Crippen LogP contribution in [0.3, 0.4) is 0 Å². The van der Waals surface area contributed by atoms with Crippen molar-refractivity contribution in [3.05, 3.63) is 81.4 Å². The summed E-state index contributed by atoms with van der Waals surface area (Å²) in [5.41, 5.74) is 6.19. The zero-order chi connectivity index (χ0) is 24.6. The molecule has 1 amide bonds. The van der Waals surface area contributed by atoms with Gasteiger partial charge in [0.2, 0.25) is 0 Å². The standard InChI is InChI=1S/C27H27ClN2O3S/c1-15-13-23(16(2)12-22(15)28)34-30-21-7-5-6-19(14-21)20-10-17(3)24(18(4)11-20)25(31)29-27(8-9-27)26(32)33/h5-7,10-14,30H,8-9H2,1-4H3,(H,29,31)(H,32,33). The SMILES string of the molecule is Cc1cc(SNc2cccc(-c3cc(C)c(C(=O)NC4(C(=O)O)CC4)c(C)c3)c2)c(C)cc1Cl. The minimum atomic E-state index is -1.10. The molecule has 0 heterocycles. The highest BCUT2D eigenvalue weighted by molar-refractivity contribution is 8.00. The molecule has 0 saturated heterocycles. The second-order valence-corrected chi connectivity index (χ2v) is 10.2. The van der Waals surface area contributed by atoms with Crippen LogP contribution in [0.5, 0.6) is 0 Å². The first kappa shape index (κ1) is 24.2. The molecule has 0 atom stereocenters. The van der Waals surface area contributed by atoms with Crippen molar-refractivity contribution in [1.82, 2.24) is 5.32 Å². The van der Waals surface area contributed by atoms with Crippen molar-refractivity contribution in [3.8, 4) is 11.1 Å². The topological polar surface area (TPSA) is 78.4 Å². The van der Waals surface area contributed by atoms with Crippen LogP contribution in [0.1, 0.15) is 45.5 Å². The van der Waals surface area contributed by atoms with Gasteiger partial charge in [-0.15, -0.1) is 0 Å². The van der Waals surface area contributed by atoms with Crippen molar-refractivity contribution in [1.29, 1.82) is 0 Å². The van der Waals surface area contributed by atoms with Gasteiger partial charge in [-0.25, -0.2) is 4.79 Å². The molecule has 1 aliphatic carbocycles. The number of nitrogens with one attached hydrogen (secondary N) is 2. The molecule has 0 bridgehead atoms. The van der Waals surface area contributed by atoms with Gasteiger partial charge in [0.25, 0.3) is 5.91 Å². The van der Waals surface area contributed by atoms with E-state index in [4.69, 9.17) is 11.6 Å². The Morgan fingerprint density at radius 3 is 2.21 bits per heavy atom. The van der Waals surface area contributed by atoms with Crippen LogP contribution in [0.15, 0.2) is 53.4 Å². The molecule has 1 saturated carbocycles. The molecule has 5 nitrogen and oxygen atoms in total. The summed E-state index contributed by atoms with van der Waals surface area (Å²) in [5.74, 6) is -1.30. The number of aryl methyl sites for hydroxylation is 4. The van der Waals surface area contributed by atoms with Gasteiger partial charge >= 0.3 is 5.97 Å². The van der Waals surface area contributed by atoms with E-state index in [2.05, 4.69) is 22.2 Å². The number of halogens is 1. The van der Waals surface area contributed by atoms with E-state index in [-0.39, 0.29) is 5.91 Å². The fourth-order valence-electron chi connectivity index (χ4n) is 4.03. The molecule has 0 aromatic heterocycles. The number of anilines is 1. The zero-order valence-corrected chi connectivity index (χ0v) is 21.2. The van der Waals surface area contributed by atoms with Crippen LogP contribution in [-0.2, 0) is 4.79 Å². The van der Waals surface area contributed by atoms with E-state index in [0.29, 0.717) is 18.4 Å². The van der Waals surface area contributed by atoms with Crippen molar-refractivity contribution in [2.45, 2.75) is 51.0 Å². The summed E-state index contributed by atoms with van der Waals surface area (Å²) in [7, 11) is 0. The average molecular weight is 495 g/mol. The van der Waals surface area contributed by atoms with Gasteiger partial charge in [-0.1, -0.05) is 35.9 Å². The van der Waals surface area contributed by atoms with Crippen LogP contribution in [-0.4, -0.2) is 22.5 Å². The largest absolute Gasteiger partial charge is 0.480 e. The minimum Gasteiger partial charge on any atom is -0.480 e. The average Bonchev–Trinajstić information content (AvgIpc) is 3.56. The summed E-state index contributed by atoms with van der Waals surface area (Å²) in [6.45, 7) is 7.80. The molecule has 3 N–H and O–H groups in total. The van der Waals surface area contributed by atoms with Gasteiger partial charge in [0, 0.05) is 21.2 Å². The van der Waals surface area contributed by atoms with E-state index in [9.17, 15) is 14.7 Å². The Morgan fingerprint density at radius 2 is 1.59 bits per heavy atom. The number of carbonyl (C=O) groups excluding carboxylic acids is 1. The lowest BCUT2D eigenvalue weighted by Crippen LogP contribution is -2.43. The lowest BCUT2D eigenvalue weighted by Gasteiger charge is -2.17. The Bertz CT molecular complexity index is 1280. The van der Waals surface area contributed by atoms with E-state index in [1.165, 1.54) is 0 Å². The second-order valence-electron chi connectivity index (χ2n) is 8.98. The third-order valence-electron chi connectivity index (χ3n) is 6.20. The molecule has 7 heteroatoms. The summed E-state index contributed by atoms with van der Waals surface area (Å²) >= 11 is 7.76. The Labute approximate surface area is 209 Å². The summed E-state index contributed by atoms with van der Waals surface area (Å²) in [4.78, 5) is 25.4. The molecule has 34 heavy (non-hydrogen) atoms. The predicted molar refractivity (Wildman–Crippen MR) is 139 cm³/mol. The van der Waals surface area contributed by atoms with Gasteiger partial charge in [0.05, 0.1) is 0 Å². The number of rotatable bonds is 7. The molecule has 0 aliphatic heterocycles. The lowest BCUT2D eigenvalue weighted by molar-refractivity contribution is -0.140. The first-order valence-electron chi connectivity index (χ1n) is 11.1. The number of carboxylic acid groups (broad SMARTS) is 1. The second kappa shape index (κ2) is 9.35. The Morgan fingerprint density at radius 1 is 0.912 bits per heavy atom. The smallest absolute Gasteiger partial charge is 0.329 e. The van der Waals surface area contributed by atoms with E-state index in [1.807, 2.05) is 64.1 Å². The maximum atomic E-state index is 12.8. The quantitative estimate of drug-likeness (QED) is 0.318. The molecular weight excluding hydrogens is 468 g/mol. The Kier molecular flexibility index (Phi) is 6.65. The Balaban J connectivity index is 1.54. The van der Waals surface area contributed by atoms with Crippen molar-refractivity contribution in [2.75, 3.05) is 4.72 Å². The summed E-state index contributed by atoms with van der Waals surface area (Å²) in [5, 5.41) is 12.9. The molecule has 0 spiro atoms. The molecular formula is C27H27ClN2O3S. The van der Waals surface area contributed by atoms with Crippen molar-refractivity contribution >= 4 is 41.1 Å². The number of carbonyl (C=O) groups is 2. The first-order valence-corrected chi connectivity index (χ1v) is 12.3. The third kappa shape index (κ3) is 4.93. The van der Waals surface area contributed by atoms with Crippen LogP contribution in [0.4, 0.5) is 5.69 Å². The van der Waals surface area contributed by atoms with Gasteiger partial charge in [0.1, 0.15) is 5.54 Å². The molecule has 3 aromatic carbocycles. The molecule has 0 unspecified atom stereocenters. The number of amides is 1. The van der Waals surface area contributed by atoms with Gasteiger partial charge in [-0.3, -0.25) is 4.79 Å². The lowest BCUT2D eigenvalue weighted by atomic mass is 9.94. The minimum absolute atomic E-state index is 0.332. The normalized spacial score (nSPS) is 13.9. The molecule has 1 fully saturated rings. The number of aliphatic carboxylic acids is 1. The van der Waals surface area contributed by atoms with E-state index in [0.717, 1.165) is 49.0 Å². The number of hydrogen-bond donors (Lipinski definition) is 3. The fraction of sp³-hybridized carbons (Fsp3) is 0.259. The predicted octanol–water partition coefficient (Wildman–Crippen LogP) is 6.71. The van der Waals surface area contributed by atoms with Crippen LogP contribution in [0, 0.1) is 27.7 Å². The number of benzene rings is 3. The van der Waals surface area contributed by atoms with E-state index < -0.39 is 11.5 Å². The van der Waals surface area contributed by atoms with Crippen molar-refractivity contribution in [2.24, 2.45) is 0 Å². The number of hydrogen-bond acceptors (Lipinski definition) is 4. The van der Waals surface area contributed by atoms with Crippen LogP contribution >= 0.6 is 23.5 Å². The van der Waals surface area contributed by atoms with E-state index in [1.54, 1.807) is 11.9 Å². The van der Waals surface area contributed by atoms with Crippen molar-refractivity contribution < 1.29 is 14.7 Å². The van der Waals surface area contributed by atoms with Crippen LogP contribution in [0.25, 0.3) is 11.1 Å². The van der Waals surface area contributed by atoms with Crippen molar-refractivity contribution in [3.63, 3.8) is 0 Å². The molecule has 176 valence electrons. The van der Waals surface area contributed by atoms with E-state index >= 15 is 0 Å².